The van der Waals surface area contributed by atoms with Gasteiger partial charge in [-0.2, -0.15) is 5.26 Å². The van der Waals surface area contributed by atoms with E-state index in [2.05, 4.69) is 0 Å². The highest BCUT2D eigenvalue weighted by Crippen LogP contribution is 2.24. The number of nitriles is 1. The first-order valence-corrected chi connectivity index (χ1v) is 4.58. The molecular weight excluding hydrogens is 240 g/mol. The predicted molar refractivity (Wildman–Crippen MR) is 59.9 cm³/mol. The van der Waals surface area contributed by atoms with Crippen molar-refractivity contribution in [1.29, 1.82) is 5.26 Å². The summed E-state index contributed by atoms with van der Waals surface area (Å²) in [5.41, 5.74) is -0.657. The van der Waals surface area contributed by atoms with Crippen molar-refractivity contribution >= 4 is 24.0 Å². The van der Waals surface area contributed by atoms with E-state index in [9.17, 15) is 19.7 Å². The zero-order valence-electron chi connectivity index (χ0n) is 8.86. The van der Waals surface area contributed by atoms with E-state index in [4.69, 9.17) is 10.4 Å². The average molecular weight is 246 g/mol. The minimum Gasteiger partial charge on any atom is -0.478 e. The lowest BCUT2D eigenvalue weighted by Crippen LogP contribution is -1.97. The van der Waals surface area contributed by atoms with Crippen LogP contribution >= 0.6 is 0 Å². The highest BCUT2D eigenvalue weighted by atomic mass is 16.6. The topological polar surface area (TPSA) is 121 Å². The van der Waals surface area contributed by atoms with E-state index >= 15 is 0 Å². The van der Waals surface area contributed by atoms with Crippen LogP contribution < -0.4 is 0 Å². The van der Waals surface area contributed by atoms with Gasteiger partial charge in [-0.1, -0.05) is 0 Å². The smallest absolute Gasteiger partial charge is 0.328 e. The van der Waals surface area contributed by atoms with Crippen LogP contribution in [0.3, 0.4) is 0 Å². The van der Waals surface area contributed by atoms with Crippen LogP contribution in [0.5, 0.6) is 0 Å². The van der Waals surface area contributed by atoms with Crippen LogP contribution in [0.15, 0.2) is 18.2 Å². The molecule has 7 nitrogen and oxygen atoms in total. The van der Waals surface area contributed by atoms with Crippen molar-refractivity contribution in [1.82, 2.24) is 0 Å². The molecule has 1 N–H and O–H groups in total. The summed E-state index contributed by atoms with van der Waals surface area (Å²) in [4.78, 5) is 31.0. The van der Waals surface area contributed by atoms with Crippen molar-refractivity contribution in [3.63, 3.8) is 0 Å². The standard InChI is InChI=1S/C11H6N2O5/c12-5-8-3-7(1-2-11(15)16)10(13(17)18)4-9(8)6-14/h1-4,6H,(H,15,16)/b2-1+. The highest BCUT2D eigenvalue weighted by molar-refractivity contribution is 5.88. The minimum absolute atomic E-state index is 0.0513. The van der Waals surface area contributed by atoms with Crippen molar-refractivity contribution in [2.24, 2.45) is 0 Å². The lowest BCUT2D eigenvalue weighted by molar-refractivity contribution is -0.385. The third-order valence-corrected chi connectivity index (χ3v) is 2.05. The third kappa shape index (κ3) is 2.76. The summed E-state index contributed by atoms with van der Waals surface area (Å²) in [5.74, 6) is -1.28. The van der Waals surface area contributed by atoms with Gasteiger partial charge in [0.1, 0.15) is 0 Å². The molecule has 90 valence electrons. The van der Waals surface area contributed by atoms with Gasteiger partial charge in [0.2, 0.25) is 0 Å². The summed E-state index contributed by atoms with van der Waals surface area (Å²) in [6.07, 6.45) is 2.04. The molecule has 1 aromatic carbocycles. The Balaban J connectivity index is 3.48. The van der Waals surface area contributed by atoms with E-state index in [1.807, 2.05) is 0 Å². The quantitative estimate of drug-likeness (QED) is 0.370. The summed E-state index contributed by atoms with van der Waals surface area (Å²) in [7, 11) is 0. The Bertz CT molecular complexity index is 598. The normalized spacial score (nSPS) is 9.94. The minimum atomic E-state index is -1.28. The molecule has 0 fully saturated rings. The van der Waals surface area contributed by atoms with Crippen LogP contribution in [0.25, 0.3) is 6.08 Å². The fourth-order valence-corrected chi connectivity index (χ4v) is 1.27. The maximum atomic E-state index is 10.8. The van der Waals surface area contributed by atoms with Crippen LogP contribution in [-0.2, 0) is 4.79 Å². The lowest BCUT2D eigenvalue weighted by Gasteiger charge is -2.00. The van der Waals surface area contributed by atoms with Crippen LogP contribution in [0.1, 0.15) is 21.5 Å². The maximum absolute atomic E-state index is 10.8. The first kappa shape index (κ1) is 13.1. The lowest BCUT2D eigenvalue weighted by atomic mass is 10.0. The molecule has 0 bridgehead atoms. The monoisotopic (exact) mass is 246 g/mol. The molecule has 0 atom stereocenters. The van der Waals surface area contributed by atoms with Crippen LogP contribution in [0.2, 0.25) is 0 Å². The average Bonchev–Trinajstić information content (AvgIpc) is 2.34. The molecule has 7 heteroatoms. The fraction of sp³-hybridized carbons (Fsp3) is 0. The molecule has 0 aliphatic heterocycles. The number of carboxylic acids is 1. The molecule has 0 unspecified atom stereocenters. The molecule has 1 rings (SSSR count). The molecule has 0 heterocycles. The van der Waals surface area contributed by atoms with Gasteiger partial charge < -0.3 is 5.11 Å². The van der Waals surface area contributed by atoms with Crippen molar-refractivity contribution in [2.75, 3.05) is 0 Å². The number of rotatable bonds is 4. The number of aldehydes is 1. The summed E-state index contributed by atoms with van der Waals surface area (Å²) >= 11 is 0. The molecule has 0 aliphatic rings. The first-order chi connectivity index (χ1) is 8.49. The van der Waals surface area contributed by atoms with Gasteiger partial charge >= 0.3 is 5.97 Å². The van der Waals surface area contributed by atoms with E-state index in [-0.39, 0.29) is 16.7 Å². The van der Waals surface area contributed by atoms with E-state index in [1.165, 1.54) is 0 Å². The Morgan fingerprint density at radius 3 is 2.56 bits per heavy atom. The number of carboxylic acid groups (broad SMARTS) is 1. The summed E-state index contributed by atoms with van der Waals surface area (Å²) in [5, 5.41) is 28.0. The van der Waals surface area contributed by atoms with Crippen LogP contribution in [0.4, 0.5) is 5.69 Å². The van der Waals surface area contributed by atoms with Gasteiger partial charge in [0.05, 0.1) is 22.1 Å². The maximum Gasteiger partial charge on any atom is 0.328 e. The van der Waals surface area contributed by atoms with E-state index in [0.717, 1.165) is 18.2 Å². The van der Waals surface area contributed by atoms with Crippen molar-refractivity contribution in [3.8, 4) is 6.07 Å². The van der Waals surface area contributed by atoms with Gasteiger partial charge in [-0.25, -0.2) is 4.79 Å². The number of carbonyl (C=O) groups is 2. The number of carbonyl (C=O) groups excluding carboxylic acids is 1. The molecule has 0 spiro atoms. The molecule has 1 aromatic rings. The zero-order valence-corrected chi connectivity index (χ0v) is 8.86. The first-order valence-electron chi connectivity index (χ1n) is 4.58. The number of nitrogens with zero attached hydrogens (tertiary/aromatic N) is 2. The Hall–Kier alpha value is -3.01. The van der Waals surface area contributed by atoms with Crippen molar-refractivity contribution < 1.29 is 19.6 Å². The zero-order chi connectivity index (χ0) is 13.7. The van der Waals surface area contributed by atoms with Gasteiger partial charge in [0, 0.05) is 17.7 Å². The second-order valence-corrected chi connectivity index (χ2v) is 3.16. The van der Waals surface area contributed by atoms with Gasteiger partial charge in [-0.15, -0.1) is 0 Å². The van der Waals surface area contributed by atoms with Gasteiger partial charge in [0.25, 0.3) is 5.69 Å². The van der Waals surface area contributed by atoms with Crippen LogP contribution in [0, 0.1) is 21.4 Å². The summed E-state index contributed by atoms with van der Waals surface area (Å²) in [6, 6.07) is 3.74. The Morgan fingerprint density at radius 2 is 2.11 bits per heavy atom. The van der Waals surface area contributed by atoms with Crippen LogP contribution in [-0.4, -0.2) is 22.3 Å². The molecule has 0 amide bonds. The van der Waals surface area contributed by atoms with Gasteiger partial charge in [-0.3, -0.25) is 14.9 Å². The SMILES string of the molecule is N#Cc1cc(/C=C/C(=O)O)c([N+](=O)[O-])cc1C=O. The van der Waals surface area contributed by atoms with Crippen molar-refractivity contribution in [2.45, 2.75) is 0 Å². The third-order valence-electron chi connectivity index (χ3n) is 2.05. The second kappa shape index (κ2) is 5.36. The Morgan fingerprint density at radius 1 is 1.44 bits per heavy atom. The number of benzene rings is 1. The molecule has 0 saturated heterocycles. The predicted octanol–water partition coefficient (Wildman–Crippen LogP) is 1.38. The molecule has 18 heavy (non-hydrogen) atoms. The molecular formula is C11H6N2O5. The summed E-state index contributed by atoms with van der Waals surface area (Å²) < 4.78 is 0. The number of aliphatic carboxylic acids is 1. The van der Waals surface area contributed by atoms with E-state index < -0.39 is 16.6 Å². The van der Waals surface area contributed by atoms with Gasteiger partial charge in [0.15, 0.2) is 6.29 Å². The number of nitro benzene ring substituents is 1. The van der Waals surface area contributed by atoms with E-state index in [0.29, 0.717) is 12.4 Å². The fourth-order valence-electron chi connectivity index (χ4n) is 1.27. The van der Waals surface area contributed by atoms with E-state index in [1.54, 1.807) is 6.07 Å². The van der Waals surface area contributed by atoms with Crippen molar-refractivity contribution in [3.05, 3.63) is 45.0 Å². The molecule has 0 radical (unpaired) electrons. The molecule has 0 aliphatic carbocycles. The largest absolute Gasteiger partial charge is 0.478 e. The Labute approximate surface area is 101 Å². The number of hydrogen-bond acceptors (Lipinski definition) is 5. The highest BCUT2D eigenvalue weighted by Gasteiger charge is 2.16. The Kier molecular flexibility index (Phi) is 3.89. The number of hydrogen-bond donors (Lipinski definition) is 1. The van der Waals surface area contributed by atoms with Gasteiger partial charge in [-0.05, 0) is 12.1 Å². The second-order valence-electron chi connectivity index (χ2n) is 3.16. The summed E-state index contributed by atoms with van der Waals surface area (Å²) in [6.45, 7) is 0. The molecule has 0 saturated carbocycles. The number of nitro groups is 1. The molecule has 0 aromatic heterocycles.